The molecule has 0 spiro atoms. The zero-order valence-corrected chi connectivity index (χ0v) is 11.6. The molecule has 18 heavy (non-hydrogen) atoms. The topological polar surface area (TPSA) is 58.4 Å². The average Bonchev–Trinajstić information content (AvgIpc) is 2.31. The number of nitrogens with one attached hydrogen (secondary N) is 1. The maximum atomic E-state index is 11.9. The summed E-state index contributed by atoms with van der Waals surface area (Å²) in [6, 6.07) is 0. The number of nitrogens with two attached hydrogens (primary N) is 1. The van der Waals surface area contributed by atoms with Crippen molar-refractivity contribution in [3.63, 3.8) is 0 Å². The number of likely N-dealkylation sites (tertiary alicyclic amines) is 1. The van der Waals surface area contributed by atoms with Crippen molar-refractivity contribution < 1.29 is 4.79 Å². The highest BCUT2D eigenvalue weighted by Crippen LogP contribution is 2.39. The van der Waals surface area contributed by atoms with E-state index in [4.69, 9.17) is 5.73 Å². The van der Waals surface area contributed by atoms with Crippen LogP contribution in [0.25, 0.3) is 0 Å². The normalized spacial score (nSPS) is 24.6. The molecule has 0 unspecified atom stereocenters. The molecule has 104 valence electrons. The van der Waals surface area contributed by atoms with Gasteiger partial charge >= 0.3 is 0 Å². The standard InChI is InChI=1S/C14H27N3O/c1-17-7-3-12(4-8-17)9-13(18)16-11-14(10-15)5-2-6-14/h12H,2-11,15H2,1H3,(H,16,18). The Kier molecular flexibility index (Phi) is 4.62. The van der Waals surface area contributed by atoms with Crippen LogP contribution in [0.15, 0.2) is 0 Å². The van der Waals surface area contributed by atoms with Gasteiger partial charge in [0.2, 0.25) is 5.91 Å². The third-order valence-electron chi connectivity index (χ3n) is 4.82. The molecular weight excluding hydrogens is 226 g/mol. The molecule has 0 aromatic carbocycles. The highest BCUT2D eigenvalue weighted by Gasteiger charge is 2.35. The van der Waals surface area contributed by atoms with Gasteiger partial charge in [0.25, 0.3) is 0 Å². The number of nitrogens with zero attached hydrogens (tertiary/aromatic N) is 1. The van der Waals surface area contributed by atoms with Gasteiger partial charge in [-0.1, -0.05) is 6.42 Å². The van der Waals surface area contributed by atoms with Crippen LogP contribution in [0.2, 0.25) is 0 Å². The van der Waals surface area contributed by atoms with Crippen molar-refractivity contribution in [2.24, 2.45) is 17.1 Å². The predicted octanol–water partition coefficient (Wildman–Crippen LogP) is 0.964. The molecule has 1 aliphatic carbocycles. The lowest BCUT2D eigenvalue weighted by molar-refractivity contribution is -0.123. The number of rotatable bonds is 5. The van der Waals surface area contributed by atoms with Gasteiger partial charge in [0.05, 0.1) is 0 Å². The van der Waals surface area contributed by atoms with E-state index in [1.807, 2.05) is 0 Å². The molecule has 1 saturated carbocycles. The molecule has 0 aromatic rings. The molecule has 2 rings (SSSR count). The van der Waals surface area contributed by atoms with Crippen molar-refractivity contribution in [2.45, 2.75) is 38.5 Å². The minimum absolute atomic E-state index is 0.225. The minimum Gasteiger partial charge on any atom is -0.355 e. The van der Waals surface area contributed by atoms with Crippen LogP contribution in [0.3, 0.4) is 0 Å². The Morgan fingerprint density at radius 2 is 2.06 bits per heavy atom. The molecule has 0 atom stereocenters. The van der Waals surface area contributed by atoms with Crippen molar-refractivity contribution in [1.82, 2.24) is 10.2 Å². The van der Waals surface area contributed by atoms with Crippen LogP contribution in [0, 0.1) is 11.3 Å². The Bertz CT molecular complexity index is 275. The number of carbonyl (C=O) groups is 1. The van der Waals surface area contributed by atoms with Crippen LogP contribution in [-0.4, -0.2) is 44.0 Å². The molecule has 4 nitrogen and oxygen atoms in total. The quantitative estimate of drug-likeness (QED) is 0.767. The molecule has 2 fully saturated rings. The van der Waals surface area contributed by atoms with Gasteiger partial charge in [-0.25, -0.2) is 0 Å². The molecule has 0 bridgehead atoms. The minimum atomic E-state index is 0.225. The summed E-state index contributed by atoms with van der Waals surface area (Å²) in [5.74, 6) is 0.806. The maximum Gasteiger partial charge on any atom is 0.220 e. The van der Waals surface area contributed by atoms with Crippen LogP contribution in [0.4, 0.5) is 0 Å². The number of amides is 1. The summed E-state index contributed by atoms with van der Waals surface area (Å²) in [5, 5.41) is 3.10. The van der Waals surface area contributed by atoms with Crippen LogP contribution in [0.5, 0.6) is 0 Å². The summed E-state index contributed by atoms with van der Waals surface area (Å²) >= 11 is 0. The summed E-state index contributed by atoms with van der Waals surface area (Å²) < 4.78 is 0. The third-order valence-corrected chi connectivity index (χ3v) is 4.82. The summed E-state index contributed by atoms with van der Waals surface area (Å²) in [7, 11) is 2.15. The fourth-order valence-corrected chi connectivity index (χ4v) is 3.02. The van der Waals surface area contributed by atoms with Crippen LogP contribution in [0.1, 0.15) is 38.5 Å². The summed E-state index contributed by atoms with van der Waals surface area (Å²) in [6.45, 7) is 3.76. The van der Waals surface area contributed by atoms with Gasteiger partial charge in [0.15, 0.2) is 0 Å². The fourth-order valence-electron chi connectivity index (χ4n) is 3.02. The van der Waals surface area contributed by atoms with Crippen LogP contribution >= 0.6 is 0 Å². The second kappa shape index (κ2) is 6.02. The summed E-state index contributed by atoms with van der Waals surface area (Å²) in [4.78, 5) is 14.3. The fraction of sp³-hybridized carbons (Fsp3) is 0.929. The van der Waals surface area contributed by atoms with Gasteiger partial charge in [0, 0.05) is 13.0 Å². The first-order valence-electron chi connectivity index (χ1n) is 7.29. The van der Waals surface area contributed by atoms with Gasteiger partial charge in [-0.15, -0.1) is 0 Å². The predicted molar refractivity (Wildman–Crippen MR) is 73.2 cm³/mol. The van der Waals surface area contributed by atoms with E-state index in [2.05, 4.69) is 17.3 Å². The number of carbonyl (C=O) groups excluding carboxylic acids is 1. The molecule has 1 amide bonds. The SMILES string of the molecule is CN1CCC(CC(=O)NCC2(CN)CCC2)CC1. The molecule has 3 N–H and O–H groups in total. The molecule has 1 aliphatic heterocycles. The lowest BCUT2D eigenvalue weighted by atomic mass is 9.69. The van der Waals surface area contributed by atoms with E-state index >= 15 is 0 Å². The molecule has 0 radical (unpaired) electrons. The van der Waals surface area contributed by atoms with E-state index in [0.29, 0.717) is 18.9 Å². The average molecular weight is 253 g/mol. The largest absolute Gasteiger partial charge is 0.355 e. The van der Waals surface area contributed by atoms with Crippen molar-refractivity contribution in [3.8, 4) is 0 Å². The first kappa shape index (κ1) is 13.8. The second-order valence-corrected chi connectivity index (χ2v) is 6.29. The Balaban J connectivity index is 1.66. The van der Waals surface area contributed by atoms with Gasteiger partial charge in [-0.05, 0) is 63.7 Å². The Morgan fingerprint density at radius 3 is 2.56 bits per heavy atom. The first-order valence-corrected chi connectivity index (χ1v) is 7.29. The monoisotopic (exact) mass is 253 g/mol. The van der Waals surface area contributed by atoms with E-state index in [9.17, 15) is 4.79 Å². The molecule has 4 heteroatoms. The second-order valence-electron chi connectivity index (χ2n) is 6.29. The zero-order valence-electron chi connectivity index (χ0n) is 11.6. The van der Waals surface area contributed by atoms with Crippen molar-refractivity contribution in [3.05, 3.63) is 0 Å². The molecule has 2 aliphatic rings. The van der Waals surface area contributed by atoms with E-state index in [1.165, 1.54) is 19.3 Å². The van der Waals surface area contributed by atoms with Crippen molar-refractivity contribution in [1.29, 1.82) is 0 Å². The number of piperidine rings is 1. The van der Waals surface area contributed by atoms with Gasteiger partial charge < -0.3 is 16.0 Å². The van der Waals surface area contributed by atoms with E-state index in [1.54, 1.807) is 0 Å². The van der Waals surface area contributed by atoms with Gasteiger partial charge in [-0.3, -0.25) is 4.79 Å². The van der Waals surface area contributed by atoms with Crippen molar-refractivity contribution in [2.75, 3.05) is 33.2 Å². The molecule has 1 saturated heterocycles. The lowest BCUT2D eigenvalue weighted by Crippen LogP contribution is -2.47. The van der Waals surface area contributed by atoms with Crippen LogP contribution in [-0.2, 0) is 4.79 Å². The maximum absolute atomic E-state index is 11.9. The third kappa shape index (κ3) is 3.45. The number of hydrogen-bond acceptors (Lipinski definition) is 3. The first-order chi connectivity index (χ1) is 8.63. The molecular formula is C14H27N3O. The van der Waals surface area contributed by atoms with Gasteiger partial charge in [-0.2, -0.15) is 0 Å². The summed E-state index contributed by atoms with van der Waals surface area (Å²) in [6.07, 6.45) is 6.64. The smallest absolute Gasteiger partial charge is 0.220 e. The molecule has 0 aromatic heterocycles. The lowest BCUT2D eigenvalue weighted by Gasteiger charge is -2.41. The Hall–Kier alpha value is -0.610. The van der Waals surface area contributed by atoms with E-state index in [-0.39, 0.29) is 11.3 Å². The van der Waals surface area contributed by atoms with E-state index in [0.717, 1.165) is 32.5 Å². The molecule has 1 heterocycles. The van der Waals surface area contributed by atoms with Crippen LogP contribution < -0.4 is 11.1 Å². The number of hydrogen-bond donors (Lipinski definition) is 2. The zero-order chi connectivity index (χ0) is 13.0. The Labute approximate surface area is 110 Å². The van der Waals surface area contributed by atoms with E-state index < -0.39 is 0 Å². The van der Waals surface area contributed by atoms with Crippen molar-refractivity contribution >= 4 is 5.91 Å². The highest BCUT2D eigenvalue weighted by molar-refractivity contribution is 5.76. The summed E-state index contributed by atoms with van der Waals surface area (Å²) in [5.41, 5.74) is 6.02. The van der Waals surface area contributed by atoms with Gasteiger partial charge in [0.1, 0.15) is 0 Å². The highest BCUT2D eigenvalue weighted by atomic mass is 16.1. The Morgan fingerprint density at radius 1 is 1.39 bits per heavy atom.